The molecule has 1 aromatic heterocycles. The summed E-state index contributed by atoms with van der Waals surface area (Å²) in [6, 6.07) is 14.9. The molecule has 0 spiro atoms. The number of hydrogen-bond donors (Lipinski definition) is 1. The molecule has 3 aromatic rings. The zero-order valence-electron chi connectivity index (χ0n) is 19.1. The first-order valence-corrected chi connectivity index (χ1v) is 11.7. The van der Waals surface area contributed by atoms with E-state index < -0.39 is 18.0 Å². The fourth-order valence-electron chi connectivity index (χ4n) is 4.17. The van der Waals surface area contributed by atoms with E-state index in [0.29, 0.717) is 35.3 Å². The summed E-state index contributed by atoms with van der Waals surface area (Å²) < 4.78 is 5.79. The van der Waals surface area contributed by atoms with Gasteiger partial charge in [-0.25, -0.2) is 4.79 Å². The predicted octanol–water partition coefficient (Wildman–Crippen LogP) is 5.23. The second kappa shape index (κ2) is 9.89. The highest BCUT2D eigenvalue weighted by Gasteiger charge is 2.30. The number of rotatable bonds is 6. The second-order valence-corrected chi connectivity index (χ2v) is 8.92. The zero-order valence-corrected chi connectivity index (χ0v) is 19.9. The van der Waals surface area contributed by atoms with Gasteiger partial charge in [-0.3, -0.25) is 14.7 Å². The van der Waals surface area contributed by atoms with Crippen LogP contribution in [0.15, 0.2) is 48.5 Å². The van der Waals surface area contributed by atoms with Crippen molar-refractivity contribution in [1.29, 1.82) is 0 Å². The second-order valence-electron chi connectivity index (χ2n) is 8.51. The standard InChI is InChI=1S/C26H28ClN3O3/c1-4-23(25(31)29-22-12-8-6-10-19(22)27)33-26(32)24-17-9-5-7-11-20(17)28-21-13-14-30(16(2)3)15-18(21)24/h5-12,16,23H,4,13-15H2,1-3H3,(H,29,31). The lowest BCUT2D eigenvalue weighted by Gasteiger charge is -2.32. The van der Waals surface area contributed by atoms with Gasteiger partial charge in [-0.15, -0.1) is 0 Å². The molecule has 0 saturated heterocycles. The van der Waals surface area contributed by atoms with E-state index in [9.17, 15) is 9.59 Å². The number of halogens is 1. The Bertz CT molecular complexity index is 1190. The van der Waals surface area contributed by atoms with Crippen LogP contribution in [-0.2, 0) is 22.5 Å². The molecule has 2 aromatic carbocycles. The topological polar surface area (TPSA) is 71.5 Å². The summed E-state index contributed by atoms with van der Waals surface area (Å²) in [5, 5.41) is 3.94. The van der Waals surface area contributed by atoms with Crippen LogP contribution < -0.4 is 5.32 Å². The minimum absolute atomic E-state index is 0.339. The molecule has 6 nitrogen and oxygen atoms in total. The monoisotopic (exact) mass is 465 g/mol. The quantitative estimate of drug-likeness (QED) is 0.505. The molecule has 0 radical (unpaired) electrons. The number of nitrogens with zero attached hydrogens (tertiary/aromatic N) is 2. The Kier molecular flexibility index (Phi) is 6.96. The highest BCUT2D eigenvalue weighted by Crippen LogP contribution is 2.30. The minimum Gasteiger partial charge on any atom is -0.449 e. The van der Waals surface area contributed by atoms with Gasteiger partial charge in [-0.2, -0.15) is 0 Å². The molecule has 4 rings (SSSR count). The molecule has 0 fully saturated rings. The molecule has 1 atom stereocenters. The summed E-state index contributed by atoms with van der Waals surface area (Å²) in [4.78, 5) is 33.6. The molecule has 1 N–H and O–H groups in total. The average Bonchev–Trinajstić information content (AvgIpc) is 2.81. The maximum absolute atomic E-state index is 13.5. The van der Waals surface area contributed by atoms with Crippen molar-refractivity contribution in [3.05, 3.63) is 70.4 Å². The van der Waals surface area contributed by atoms with Crippen molar-refractivity contribution in [2.24, 2.45) is 0 Å². The van der Waals surface area contributed by atoms with E-state index in [1.165, 1.54) is 0 Å². The van der Waals surface area contributed by atoms with Crippen molar-refractivity contribution in [1.82, 2.24) is 9.88 Å². The molecular formula is C26H28ClN3O3. The molecule has 0 bridgehead atoms. The Labute approximate surface area is 198 Å². The van der Waals surface area contributed by atoms with Crippen molar-refractivity contribution in [2.75, 3.05) is 11.9 Å². The molecule has 1 unspecified atom stereocenters. The van der Waals surface area contributed by atoms with Crippen molar-refractivity contribution >= 4 is 40.1 Å². The molecule has 1 amide bonds. The number of anilines is 1. The molecule has 0 aliphatic carbocycles. The van der Waals surface area contributed by atoms with Crippen LogP contribution in [0, 0.1) is 0 Å². The third-order valence-electron chi connectivity index (χ3n) is 6.05. The molecule has 33 heavy (non-hydrogen) atoms. The molecule has 1 aliphatic rings. The smallest absolute Gasteiger partial charge is 0.340 e. The van der Waals surface area contributed by atoms with Gasteiger partial charge in [0, 0.05) is 42.2 Å². The number of benzene rings is 2. The lowest BCUT2D eigenvalue weighted by molar-refractivity contribution is -0.124. The molecular weight excluding hydrogens is 438 g/mol. The van der Waals surface area contributed by atoms with Gasteiger partial charge in [-0.1, -0.05) is 48.9 Å². The average molecular weight is 466 g/mol. The number of hydrogen-bond acceptors (Lipinski definition) is 5. The van der Waals surface area contributed by atoms with Gasteiger partial charge in [0.05, 0.1) is 21.8 Å². The number of para-hydroxylation sites is 2. The van der Waals surface area contributed by atoms with Gasteiger partial charge >= 0.3 is 5.97 Å². The van der Waals surface area contributed by atoms with E-state index in [1.54, 1.807) is 24.3 Å². The summed E-state index contributed by atoms with van der Waals surface area (Å²) in [6.45, 7) is 7.61. The Balaban J connectivity index is 1.66. The van der Waals surface area contributed by atoms with Crippen molar-refractivity contribution in [3.8, 4) is 0 Å². The van der Waals surface area contributed by atoms with Crippen molar-refractivity contribution in [3.63, 3.8) is 0 Å². The molecule has 1 aliphatic heterocycles. The first-order chi connectivity index (χ1) is 15.9. The van der Waals surface area contributed by atoms with Gasteiger partial charge in [0.2, 0.25) is 0 Å². The van der Waals surface area contributed by atoms with Gasteiger partial charge in [-0.05, 0) is 38.5 Å². The minimum atomic E-state index is -0.943. The van der Waals surface area contributed by atoms with Crippen LogP contribution in [0.4, 0.5) is 5.69 Å². The molecule has 7 heteroatoms. The van der Waals surface area contributed by atoms with Gasteiger partial charge in [0.15, 0.2) is 6.10 Å². The van der Waals surface area contributed by atoms with Crippen LogP contribution in [0.3, 0.4) is 0 Å². The van der Waals surface area contributed by atoms with E-state index >= 15 is 0 Å². The van der Waals surface area contributed by atoms with Crippen molar-refractivity contribution in [2.45, 2.75) is 52.3 Å². The number of carbonyl (C=O) groups is 2. The molecule has 172 valence electrons. The number of nitrogens with one attached hydrogen (secondary N) is 1. The number of ether oxygens (including phenoxy) is 1. The van der Waals surface area contributed by atoms with E-state index in [4.69, 9.17) is 21.3 Å². The number of fused-ring (bicyclic) bond motifs is 2. The number of aromatic nitrogens is 1. The maximum Gasteiger partial charge on any atom is 0.340 e. The summed E-state index contributed by atoms with van der Waals surface area (Å²) in [5.74, 6) is -0.911. The normalized spacial score (nSPS) is 14.7. The highest BCUT2D eigenvalue weighted by molar-refractivity contribution is 6.33. The van der Waals surface area contributed by atoms with Crippen LogP contribution >= 0.6 is 11.6 Å². The van der Waals surface area contributed by atoms with Gasteiger partial charge in [0.1, 0.15) is 0 Å². The van der Waals surface area contributed by atoms with Crippen LogP contribution in [0.25, 0.3) is 10.9 Å². The van der Waals surface area contributed by atoms with E-state index in [0.717, 1.165) is 35.1 Å². The fraction of sp³-hybridized carbons (Fsp3) is 0.346. The first kappa shape index (κ1) is 23.2. The number of carbonyl (C=O) groups excluding carboxylic acids is 2. The first-order valence-electron chi connectivity index (χ1n) is 11.3. The lowest BCUT2D eigenvalue weighted by atomic mass is 9.95. The highest BCUT2D eigenvalue weighted by atomic mass is 35.5. The fourth-order valence-corrected chi connectivity index (χ4v) is 4.35. The zero-order chi connectivity index (χ0) is 23.5. The largest absolute Gasteiger partial charge is 0.449 e. The third-order valence-corrected chi connectivity index (χ3v) is 6.38. The Morgan fingerprint density at radius 2 is 1.88 bits per heavy atom. The van der Waals surface area contributed by atoms with Crippen LogP contribution in [0.5, 0.6) is 0 Å². The number of pyridine rings is 1. The molecule has 2 heterocycles. The van der Waals surface area contributed by atoms with Crippen LogP contribution in [0.2, 0.25) is 5.02 Å². The van der Waals surface area contributed by atoms with Crippen LogP contribution in [0.1, 0.15) is 48.8 Å². The SMILES string of the molecule is CCC(OC(=O)c1c2c(nc3ccccc13)CCN(C(C)C)C2)C(=O)Nc1ccccc1Cl. The Hall–Kier alpha value is -2.96. The van der Waals surface area contributed by atoms with Gasteiger partial charge in [0.25, 0.3) is 5.91 Å². The van der Waals surface area contributed by atoms with Crippen LogP contribution in [-0.4, -0.2) is 40.5 Å². The number of amides is 1. The number of esters is 1. The summed E-state index contributed by atoms with van der Waals surface area (Å²) in [5.41, 5.74) is 3.56. The van der Waals surface area contributed by atoms with E-state index in [2.05, 4.69) is 24.1 Å². The van der Waals surface area contributed by atoms with E-state index in [1.807, 2.05) is 31.2 Å². The van der Waals surface area contributed by atoms with Crippen molar-refractivity contribution < 1.29 is 14.3 Å². The Morgan fingerprint density at radius 3 is 2.61 bits per heavy atom. The summed E-state index contributed by atoms with van der Waals surface area (Å²) in [7, 11) is 0. The predicted molar refractivity (Wildman–Crippen MR) is 131 cm³/mol. The van der Waals surface area contributed by atoms with Gasteiger partial charge < -0.3 is 10.1 Å². The maximum atomic E-state index is 13.5. The summed E-state index contributed by atoms with van der Waals surface area (Å²) in [6.07, 6.45) is 0.162. The Morgan fingerprint density at radius 1 is 1.15 bits per heavy atom. The molecule has 0 saturated carbocycles. The summed E-state index contributed by atoms with van der Waals surface area (Å²) >= 11 is 6.17. The lowest BCUT2D eigenvalue weighted by Crippen LogP contribution is -2.38. The van der Waals surface area contributed by atoms with E-state index in [-0.39, 0.29) is 0 Å². The third kappa shape index (κ3) is 4.87.